The van der Waals surface area contributed by atoms with Crippen LogP contribution < -0.4 is 5.73 Å². The second-order valence-electron chi connectivity index (χ2n) is 4.56. The number of ether oxygens (including phenoxy) is 1. The second kappa shape index (κ2) is 3.34. The SMILES string of the molecule is CC1(CN)OCCc2c1[nH]c1ccccc21. The average Bonchev–Trinajstić information content (AvgIpc) is 2.70. The van der Waals surface area contributed by atoms with Gasteiger partial charge in [0.05, 0.1) is 12.3 Å². The molecule has 1 aliphatic heterocycles. The fourth-order valence-corrected chi connectivity index (χ4v) is 2.52. The van der Waals surface area contributed by atoms with Crippen molar-refractivity contribution in [2.45, 2.75) is 18.9 Å². The van der Waals surface area contributed by atoms with Crippen molar-refractivity contribution in [3.63, 3.8) is 0 Å². The van der Waals surface area contributed by atoms with Crippen LogP contribution in [-0.2, 0) is 16.8 Å². The fourth-order valence-electron chi connectivity index (χ4n) is 2.52. The Kier molecular flexibility index (Phi) is 2.06. The van der Waals surface area contributed by atoms with Crippen molar-refractivity contribution in [1.82, 2.24) is 4.98 Å². The Bertz CT molecular complexity index is 532. The molecule has 0 radical (unpaired) electrons. The smallest absolute Gasteiger partial charge is 0.117 e. The maximum absolute atomic E-state index is 5.83. The monoisotopic (exact) mass is 216 g/mol. The Hall–Kier alpha value is -1.32. The highest BCUT2D eigenvalue weighted by Crippen LogP contribution is 2.35. The third kappa shape index (κ3) is 1.22. The summed E-state index contributed by atoms with van der Waals surface area (Å²) in [6.45, 7) is 3.32. The Morgan fingerprint density at radius 1 is 1.44 bits per heavy atom. The molecule has 3 rings (SSSR count). The number of nitrogens with two attached hydrogens (primary N) is 1. The number of benzene rings is 1. The average molecular weight is 216 g/mol. The van der Waals surface area contributed by atoms with E-state index in [9.17, 15) is 0 Å². The lowest BCUT2D eigenvalue weighted by molar-refractivity contribution is -0.0414. The largest absolute Gasteiger partial charge is 0.367 e. The minimum absolute atomic E-state index is 0.355. The number of fused-ring (bicyclic) bond motifs is 3. The lowest BCUT2D eigenvalue weighted by Gasteiger charge is -2.32. The predicted octanol–water partition coefficient (Wildman–Crippen LogP) is 1.91. The van der Waals surface area contributed by atoms with Crippen molar-refractivity contribution in [3.8, 4) is 0 Å². The Morgan fingerprint density at radius 2 is 2.25 bits per heavy atom. The molecule has 2 aromatic rings. The van der Waals surface area contributed by atoms with Gasteiger partial charge < -0.3 is 15.5 Å². The number of nitrogens with one attached hydrogen (secondary N) is 1. The van der Waals surface area contributed by atoms with Crippen LogP contribution in [0, 0.1) is 0 Å². The first-order valence-corrected chi connectivity index (χ1v) is 5.69. The van der Waals surface area contributed by atoms with Crippen molar-refractivity contribution in [2.24, 2.45) is 5.73 Å². The zero-order chi connectivity index (χ0) is 11.2. The normalized spacial score (nSPS) is 24.6. The summed E-state index contributed by atoms with van der Waals surface area (Å²) < 4.78 is 5.81. The van der Waals surface area contributed by atoms with Crippen LogP contribution >= 0.6 is 0 Å². The molecule has 0 spiro atoms. The van der Waals surface area contributed by atoms with Crippen molar-refractivity contribution >= 4 is 10.9 Å². The molecule has 1 unspecified atom stereocenters. The summed E-state index contributed by atoms with van der Waals surface area (Å²) in [7, 11) is 0. The number of para-hydroxylation sites is 1. The molecule has 1 aromatic heterocycles. The number of hydrogen-bond acceptors (Lipinski definition) is 2. The zero-order valence-electron chi connectivity index (χ0n) is 9.42. The summed E-state index contributed by atoms with van der Waals surface area (Å²) >= 11 is 0. The van der Waals surface area contributed by atoms with E-state index < -0.39 is 0 Å². The van der Waals surface area contributed by atoms with Gasteiger partial charge in [0, 0.05) is 17.4 Å². The van der Waals surface area contributed by atoms with E-state index in [4.69, 9.17) is 10.5 Å². The molecule has 1 aliphatic rings. The molecule has 16 heavy (non-hydrogen) atoms. The predicted molar refractivity (Wildman–Crippen MR) is 64.4 cm³/mol. The maximum atomic E-state index is 5.83. The molecule has 0 aliphatic carbocycles. The van der Waals surface area contributed by atoms with E-state index in [0.717, 1.165) is 18.7 Å². The Morgan fingerprint density at radius 3 is 3.06 bits per heavy atom. The minimum Gasteiger partial charge on any atom is -0.367 e. The van der Waals surface area contributed by atoms with Gasteiger partial charge in [-0.2, -0.15) is 0 Å². The van der Waals surface area contributed by atoms with E-state index in [1.807, 2.05) is 6.07 Å². The van der Waals surface area contributed by atoms with Gasteiger partial charge in [-0.1, -0.05) is 18.2 Å². The first kappa shape index (κ1) is 9.87. The van der Waals surface area contributed by atoms with Gasteiger partial charge in [0.2, 0.25) is 0 Å². The van der Waals surface area contributed by atoms with Gasteiger partial charge in [-0.15, -0.1) is 0 Å². The topological polar surface area (TPSA) is 51.0 Å². The van der Waals surface area contributed by atoms with E-state index in [1.54, 1.807) is 0 Å². The summed E-state index contributed by atoms with van der Waals surface area (Å²) in [5.74, 6) is 0. The van der Waals surface area contributed by atoms with Crippen LogP contribution in [0.5, 0.6) is 0 Å². The van der Waals surface area contributed by atoms with Crippen LogP contribution in [0.4, 0.5) is 0 Å². The van der Waals surface area contributed by atoms with Crippen molar-refractivity contribution in [2.75, 3.05) is 13.2 Å². The third-order valence-electron chi connectivity index (χ3n) is 3.50. The number of aromatic nitrogens is 1. The summed E-state index contributed by atoms with van der Waals surface area (Å²) in [4.78, 5) is 3.45. The van der Waals surface area contributed by atoms with Gasteiger partial charge in [-0.25, -0.2) is 0 Å². The van der Waals surface area contributed by atoms with Gasteiger partial charge in [0.25, 0.3) is 0 Å². The quantitative estimate of drug-likeness (QED) is 0.765. The summed E-state index contributed by atoms with van der Waals surface area (Å²) in [5.41, 5.74) is 9.18. The molecule has 0 saturated carbocycles. The van der Waals surface area contributed by atoms with Gasteiger partial charge in [-0.3, -0.25) is 0 Å². The van der Waals surface area contributed by atoms with E-state index in [1.165, 1.54) is 16.5 Å². The highest BCUT2D eigenvalue weighted by molar-refractivity contribution is 5.85. The molecule has 84 valence electrons. The lowest BCUT2D eigenvalue weighted by atomic mass is 9.93. The minimum atomic E-state index is -0.355. The van der Waals surface area contributed by atoms with E-state index in [-0.39, 0.29) is 5.60 Å². The molecule has 1 atom stereocenters. The molecule has 0 fully saturated rings. The lowest BCUT2D eigenvalue weighted by Crippen LogP contribution is -2.39. The van der Waals surface area contributed by atoms with Crippen LogP contribution in [0.1, 0.15) is 18.2 Å². The molecular weight excluding hydrogens is 200 g/mol. The van der Waals surface area contributed by atoms with E-state index in [0.29, 0.717) is 6.54 Å². The number of hydrogen-bond donors (Lipinski definition) is 2. The number of rotatable bonds is 1. The van der Waals surface area contributed by atoms with Crippen LogP contribution in [-0.4, -0.2) is 18.1 Å². The number of aromatic amines is 1. The standard InChI is InChI=1S/C13H16N2O/c1-13(8-14)12-10(6-7-16-13)9-4-2-3-5-11(9)15-12/h2-5,15H,6-8,14H2,1H3. The van der Waals surface area contributed by atoms with Gasteiger partial charge in [-0.05, 0) is 25.0 Å². The zero-order valence-corrected chi connectivity index (χ0v) is 9.42. The molecule has 0 saturated heterocycles. The molecule has 0 amide bonds. The molecule has 1 aromatic carbocycles. The summed E-state index contributed by atoms with van der Waals surface area (Å²) in [6, 6.07) is 8.38. The van der Waals surface area contributed by atoms with E-state index in [2.05, 4.69) is 30.1 Å². The van der Waals surface area contributed by atoms with Crippen LogP contribution in [0.25, 0.3) is 10.9 Å². The maximum Gasteiger partial charge on any atom is 0.117 e. The highest BCUT2D eigenvalue weighted by Gasteiger charge is 2.34. The van der Waals surface area contributed by atoms with Gasteiger partial charge >= 0.3 is 0 Å². The summed E-state index contributed by atoms with van der Waals surface area (Å²) in [5, 5.41) is 1.31. The van der Waals surface area contributed by atoms with Gasteiger partial charge in [0.15, 0.2) is 0 Å². The fraction of sp³-hybridized carbons (Fsp3) is 0.385. The van der Waals surface area contributed by atoms with Crippen molar-refractivity contribution in [1.29, 1.82) is 0 Å². The van der Waals surface area contributed by atoms with Crippen molar-refractivity contribution < 1.29 is 4.74 Å². The van der Waals surface area contributed by atoms with Crippen molar-refractivity contribution in [3.05, 3.63) is 35.5 Å². The molecular formula is C13H16N2O. The first-order chi connectivity index (χ1) is 7.74. The molecule has 3 nitrogen and oxygen atoms in total. The highest BCUT2D eigenvalue weighted by atomic mass is 16.5. The second-order valence-corrected chi connectivity index (χ2v) is 4.56. The Balaban J connectivity index is 2.29. The van der Waals surface area contributed by atoms with Crippen LogP contribution in [0.2, 0.25) is 0 Å². The first-order valence-electron chi connectivity index (χ1n) is 5.69. The van der Waals surface area contributed by atoms with Gasteiger partial charge in [0.1, 0.15) is 5.60 Å². The number of H-pyrrole nitrogens is 1. The van der Waals surface area contributed by atoms with Crippen LogP contribution in [0.3, 0.4) is 0 Å². The summed E-state index contributed by atoms with van der Waals surface area (Å²) in [6.07, 6.45) is 0.967. The third-order valence-corrected chi connectivity index (χ3v) is 3.50. The van der Waals surface area contributed by atoms with E-state index >= 15 is 0 Å². The molecule has 3 heteroatoms. The molecule has 0 bridgehead atoms. The Labute approximate surface area is 94.6 Å². The molecule has 2 heterocycles. The molecule has 3 N–H and O–H groups in total. The van der Waals surface area contributed by atoms with Crippen LogP contribution in [0.15, 0.2) is 24.3 Å².